The number of hydrogen-bond acceptors (Lipinski definition) is 9. The van der Waals surface area contributed by atoms with Crippen LogP contribution >= 0.6 is 27.3 Å². The summed E-state index contributed by atoms with van der Waals surface area (Å²) in [5.41, 5.74) is 1.67. The molecule has 2 heterocycles. The molecule has 4 unspecified atom stereocenters. The second kappa shape index (κ2) is 11.7. The number of carbonyl (C=O) groups is 2. The third-order valence-corrected chi connectivity index (χ3v) is 9.85. The minimum absolute atomic E-state index is 0.160. The number of nitrogens with one attached hydrogen (secondary N) is 1. The van der Waals surface area contributed by atoms with Gasteiger partial charge in [0, 0.05) is 17.8 Å². The van der Waals surface area contributed by atoms with Crippen LogP contribution in [-0.2, 0) is 25.6 Å². The molecule has 1 aromatic heterocycles. The first-order chi connectivity index (χ1) is 16.8. The van der Waals surface area contributed by atoms with E-state index in [1.807, 2.05) is 24.0 Å². The summed E-state index contributed by atoms with van der Waals surface area (Å²) in [5.74, 6) is -0.232. The van der Waals surface area contributed by atoms with Crippen LogP contribution in [0.3, 0.4) is 0 Å². The molecule has 4 atom stereocenters. The fraction of sp³-hybridized carbons (Fsp3) is 0.583. The van der Waals surface area contributed by atoms with Gasteiger partial charge in [-0.2, -0.15) is 0 Å². The highest BCUT2D eigenvalue weighted by Crippen LogP contribution is 2.49. The molecule has 0 saturated heterocycles. The van der Waals surface area contributed by atoms with Crippen molar-refractivity contribution in [1.29, 1.82) is 0 Å². The van der Waals surface area contributed by atoms with Crippen LogP contribution in [0.4, 0.5) is 5.69 Å². The highest BCUT2D eigenvalue weighted by Gasteiger charge is 2.47. The lowest BCUT2D eigenvalue weighted by Gasteiger charge is -2.44. The molecule has 35 heavy (non-hydrogen) atoms. The molecule has 11 heteroatoms. The van der Waals surface area contributed by atoms with E-state index in [0.717, 1.165) is 24.8 Å². The Bertz CT molecular complexity index is 1010. The van der Waals surface area contributed by atoms with Gasteiger partial charge in [-0.25, -0.2) is 9.59 Å². The molecular weight excluding hydrogens is 556 g/mol. The number of hydrogen-bond donors (Lipinski definition) is 1. The van der Waals surface area contributed by atoms with Gasteiger partial charge in [-0.1, -0.05) is 24.1 Å². The van der Waals surface area contributed by atoms with Crippen LogP contribution in [0.2, 0.25) is 0 Å². The topological polar surface area (TPSA) is 100 Å². The lowest BCUT2D eigenvalue weighted by Crippen LogP contribution is -2.62. The normalized spacial score (nSPS) is 22.3. The maximum absolute atomic E-state index is 13.5. The summed E-state index contributed by atoms with van der Waals surface area (Å²) in [5, 5.41) is -0.176. The van der Waals surface area contributed by atoms with Gasteiger partial charge >= 0.3 is 11.9 Å². The van der Waals surface area contributed by atoms with Gasteiger partial charge in [0.1, 0.15) is 27.0 Å². The molecule has 0 spiro atoms. The van der Waals surface area contributed by atoms with E-state index in [2.05, 4.69) is 26.7 Å². The maximum Gasteiger partial charge on any atom is 0.350 e. The van der Waals surface area contributed by atoms with Gasteiger partial charge in [0.05, 0.1) is 26.3 Å². The largest absolute Gasteiger partial charge is 0.598 e. The molecule has 192 valence electrons. The van der Waals surface area contributed by atoms with Gasteiger partial charge in [0.15, 0.2) is 11.0 Å². The number of allylic oxidation sites excluding steroid dienone is 3. The Morgan fingerprint density at radius 3 is 2.80 bits per heavy atom. The molecule has 0 amide bonds. The second-order valence-corrected chi connectivity index (χ2v) is 12.6. The molecule has 1 aromatic rings. The zero-order valence-corrected chi connectivity index (χ0v) is 23.3. The van der Waals surface area contributed by atoms with Crippen LogP contribution < -0.4 is 14.4 Å². The zero-order valence-electron chi connectivity index (χ0n) is 20.1. The van der Waals surface area contributed by atoms with E-state index in [-0.39, 0.29) is 17.8 Å². The van der Waals surface area contributed by atoms with E-state index < -0.39 is 35.4 Å². The van der Waals surface area contributed by atoms with Crippen LogP contribution in [-0.4, -0.2) is 60.7 Å². The summed E-state index contributed by atoms with van der Waals surface area (Å²) in [4.78, 5) is 28.4. The second-order valence-electron chi connectivity index (χ2n) is 8.83. The third-order valence-electron chi connectivity index (χ3n) is 6.67. The SMILES string of the molecule is CCOC(=O)C(C(N[S+]([O-])C1C=CC(C)=CC1)C1CCC1)N1CCOc2c(Br)sc(C(=O)OC)c21. The standard InChI is InChI=1S/C24H31BrN2O6S2/c1-4-32-23(28)18(27-12-13-33-20-19(27)21(24(29)31-3)34-22(20)25)17(15-6-5-7-15)26-35(30)16-10-8-14(2)9-11-16/h8-10,15-18,26H,4-7,11-13H2,1-3H3. The highest BCUT2D eigenvalue weighted by molar-refractivity contribution is 9.11. The first-order valence-electron chi connectivity index (χ1n) is 11.8. The predicted molar refractivity (Wildman–Crippen MR) is 140 cm³/mol. The molecule has 0 aromatic carbocycles. The molecule has 2 aliphatic carbocycles. The van der Waals surface area contributed by atoms with Gasteiger partial charge in [0.2, 0.25) is 0 Å². The van der Waals surface area contributed by atoms with Gasteiger partial charge < -0.3 is 23.7 Å². The van der Waals surface area contributed by atoms with Crippen molar-refractivity contribution in [2.75, 3.05) is 31.8 Å². The highest BCUT2D eigenvalue weighted by atomic mass is 79.9. The minimum atomic E-state index is -1.40. The van der Waals surface area contributed by atoms with Gasteiger partial charge in [-0.3, -0.25) is 0 Å². The smallest absolute Gasteiger partial charge is 0.350 e. The van der Waals surface area contributed by atoms with Crippen molar-refractivity contribution >= 4 is 56.3 Å². The van der Waals surface area contributed by atoms with Crippen molar-refractivity contribution in [3.05, 3.63) is 32.5 Å². The van der Waals surface area contributed by atoms with Crippen molar-refractivity contribution in [3.8, 4) is 5.75 Å². The number of nitrogens with zero attached hydrogens (tertiary/aromatic N) is 1. The van der Waals surface area contributed by atoms with E-state index in [4.69, 9.17) is 14.2 Å². The summed E-state index contributed by atoms with van der Waals surface area (Å²) in [7, 11) is 1.33. The van der Waals surface area contributed by atoms with Crippen molar-refractivity contribution in [1.82, 2.24) is 4.72 Å². The maximum atomic E-state index is 13.5. The monoisotopic (exact) mass is 586 g/mol. The van der Waals surface area contributed by atoms with Crippen LogP contribution in [0.1, 0.15) is 49.2 Å². The average molecular weight is 588 g/mol. The number of ether oxygens (including phenoxy) is 3. The van der Waals surface area contributed by atoms with Crippen molar-refractivity contribution in [2.45, 2.75) is 56.9 Å². The fourth-order valence-electron chi connectivity index (χ4n) is 4.63. The fourth-order valence-corrected chi connectivity index (χ4v) is 7.58. The Kier molecular flexibility index (Phi) is 8.85. The third kappa shape index (κ3) is 5.58. The van der Waals surface area contributed by atoms with E-state index in [1.165, 1.54) is 18.4 Å². The van der Waals surface area contributed by atoms with Gasteiger partial charge in [0.25, 0.3) is 0 Å². The Morgan fingerprint density at radius 1 is 1.43 bits per heavy atom. The average Bonchev–Trinajstić information content (AvgIpc) is 3.15. The summed E-state index contributed by atoms with van der Waals surface area (Å²) >= 11 is 3.31. The Labute approximate surface area is 221 Å². The quantitative estimate of drug-likeness (QED) is 0.340. The predicted octanol–water partition coefficient (Wildman–Crippen LogP) is 4.12. The lowest BCUT2D eigenvalue weighted by atomic mass is 9.77. The number of anilines is 1. The minimum Gasteiger partial charge on any atom is -0.598 e. The molecule has 1 saturated carbocycles. The Morgan fingerprint density at radius 2 is 2.20 bits per heavy atom. The van der Waals surface area contributed by atoms with Crippen molar-refractivity contribution < 1.29 is 28.4 Å². The molecule has 1 fully saturated rings. The lowest BCUT2D eigenvalue weighted by molar-refractivity contribution is -0.146. The molecule has 1 N–H and O–H groups in total. The van der Waals surface area contributed by atoms with E-state index in [1.54, 1.807) is 6.92 Å². The van der Waals surface area contributed by atoms with Gasteiger partial charge in [-0.15, -0.1) is 16.1 Å². The van der Waals surface area contributed by atoms with Crippen molar-refractivity contribution in [3.63, 3.8) is 0 Å². The van der Waals surface area contributed by atoms with E-state index >= 15 is 0 Å². The van der Waals surface area contributed by atoms with E-state index in [9.17, 15) is 14.1 Å². The Balaban J connectivity index is 1.71. The first kappa shape index (κ1) is 26.5. The number of carbonyl (C=O) groups excluding carboxylic acids is 2. The first-order valence-corrected chi connectivity index (χ1v) is 14.7. The van der Waals surface area contributed by atoms with Crippen LogP contribution in [0.5, 0.6) is 5.75 Å². The summed E-state index contributed by atoms with van der Waals surface area (Å²) in [6.45, 7) is 4.73. The number of rotatable bonds is 9. The molecule has 4 rings (SSSR count). The number of thiophene rings is 1. The molecule has 8 nitrogen and oxygen atoms in total. The number of esters is 2. The van der Waals surface area contributed by atoms with Crippen LogP contribution in [0.15, 0.2) is 27.6 Å². The molecule has 0 bridgehead atoms. The van der Waals surface area contributed by atoms with E-state index in [0.29, 0.717) is 39.7 Å². The molecule has 3 aliphatic rings. The molecular formula is C24H31BrN2O6S2. The Hall–Kier alpha value is -1.53. The number of halogens is 1. The number of fused-ring (bicyclic) bond motifs is 1. The summed E-state index contributed by atoms with van der Waals surface area (Å²) < 4.78 is 33.9. The number of methoxy groups -OCH3 is 1. The zero-order chi connectivity index (χ0) is 25.1. The van der Waals surface area contributed by atoms with Crippen LogP contribution in [0.25, 0.3) is 0 Å². The van der Waals surface area contributed by atoms with Gasteiger partial charge in [-0.05, 0) is 54.6 Å². The van der Waals surface area contributed by atoms with Crippen LogP contribution in [0, 0.1) is 5.92 Å². The molecule has 1 aliphatic heterocycles. The summed E-state index contributed by atoms with van der Waals surface area (Å²) in [6.07, 6.45) is 9.61. The molecule has 0 radical (unpaired) electrons. The summed E-state index contributed by atoms with van der Waals surface area (Å²) in [6, 6.07) is -1.19. The van der Waals surface area contributed by atoms with Crippen molar-refractivity contribution in [2.24, 2.45) is 5.92 Å².